The van der Waals surface area contributed by atoms with Crippen LogP contribution in [0, 0.1) is 0 Å². The third-order valence-electron chi connectivity index (χ3n) is 4.69. The van der Waals surface area contributed by atoms with Gasteiger partial charge in [0.15, 0.2) is 0 Å². The third-order valence-corrected chi connectivity index (χ3v) is 4.93. The van der Waals surface area contributed by atoms with Gasteiger partial charge < -0.3 is 10.2 Å². The molecule has 0 aromatic heterocycles. The number of fused-ring (bicyclic) bond motifs is 1. The molecule has 0 atom stereocenters. The minimum absolute atomic E-state index is 0.190. The molecule has 0 saturated carbocycles. The van der Waals surface area contributed by atoms with Crippen LogP contribution in [0.15, 0.2) is 65.4 Å². The number of carbonyl (C=O) groups excluding carboxylic acids is 1. The van der Waals surface area contributed by atoms with E-state index in [-0.39, 0.29) is 5.91 Å². The SMILES string of the molecule is O=C1Nc2ccc(Cl)cc2C(c2ccccc2)=N/C1=C/N1CCCCC1. The van der Waals surface area contributed by atoms with Gasteiger partial charge >= 0.3 is 0 Å². The Hall–Kier alpha value is -2.59. The molecule has 4 nitrogen and oxygen atoms in total. The Kier molecular flexibility index (Phi) is 4.76. The summed E-state index contributed by atoms with van der Waals surface area (Å²) < 4.78 is 0. The number of benzene rings is 2. The number of nitrogens with one attached hydrogen (secondary N) is 1. The number of benzodiazepines with no additional fused rings is 1. The number of anilines is 1. The van der Waals surface area contributed by atoms with Crippen LogP contribution in [0.5, 0.6) is 0 Å². The number of carbonyl (C=O) groups is 1. The van der Waals surface area contributed by atoms with E-state index >= 15 is 0 Å². The minimum Gasteiger partial charge on any atom is -0.375 e. The van der Waals surface area contributed by atoms with E-state index in [0.29, 0.717) is 10.7 Å². The van der Waals surface area contributed by atoms with E-state index in [0.717, 1.165) is 48.5 Å². The van der Waals surface area contributed by atoms with Gasteiger partial charge in [-0.1, -0.05) is 41.9 Å². The van der Waals surface area contributed by atoms with Crippen molar-refractivity contribution in [3.05, 3.63) is 76.6 Å². The quantitative estimate of drug-likeness (QED) is 0.799. The van der Waals surface area contributed by atoms with Gasteiger partial charge in [-0.2, -0.15) is 0 Å². The van der Waals surface area contributed by atoms with Gasteiger partial charge in [0.05, 0.1) is 11.4 Å². The minimum atomic E-state index is -0.190. The lowest BCUT2D eigenvalue weighted by Gasteiger charge is -2.25. The van der Waals surface area contributed by atoms with Gasteiger partial charge in [0.1, 0.15) is 5.70 Å². The lowest BCUT2D eigenvalue weighted by atomic mass is 10.0. The molecule has 0 radical (unpaired) electrons. The van der Waals surface area contributed by atoms with E-state index < -0.39 is 0 Å². The first kappa shape index (κ1) is 16.9. The van der Waals surface area contributed by atoms with Crippen LogP contribution in [0.3, 0.4) is 0 Å². The molecule has 1 saturated heterocycles. The molecule has 2 aromatic carbocycles. The zero-order chi connectivity index (χ0) is 17.9. The summed E-state index contributed by atoms with van der Waals surface area (Å²) >= 11 is 6.22. The van der Waals surface area contributed by atoms with E-state index in [1.807, 2.05) is 48.7 Å². The van der Waals surface area contributed by atoms with Gasteiger partial charge in [0.2, 0.25) is 0 Å². The summed E-state index contributed by atoms with van der Waals surface area (Å²) in [7, 11) is 0. The molecule has 132 valence electrons. The fourth-order valence-electron chi connectivity index (χ4n) is 3.36. The van der Waals surface area contributed by atoms with E-state index in [2.05, 4.69) is 10.2 Å². The number of likely N-dealkylation sites (tertiary alicyclic amines) is 1. The number of halogens is 1. The number of hydrogen-bond donors (Lipinski definition) is 1. The number of rotatable bonds is 2. The van der Waals surface area contributed by atoms with Gasteiger partial charge in [0, 0.05) is 35.4 Å². The highest BCUT2D eigenvalue weighted by Crippen LogP contribution is 2.28. The molecule has 0 aliphatic carbocycles. The molecule has 0 bridgehead atoms. The van der Waals surface area contributed by atoms with Crippen molar-refractivity contribution in [1.82, 2.24) is 4.90 Å². The van der Waals surface area contributed by atoms with Gasteiger partial charge in [-0.25, -0.2) is 4.99 Å². The number of nitrogens with zero attached hydrogens (tertiary/aromatic N) is 2. The van der Waals surface area contributed by atoms with Crippen LogP contribution < -0.4 is 5.32 Å². The molecule has 2 aliphatic rings. The van der Waals surface area contributed by atoms with E-state index in [4.69, 9.17) is 16.6 Å². The first-order valence-corrected chi connectivity index (χ1v) is 9.30. The normalized spacial score (nSPS) is 18.8. The van der Waals surface area contributed by atoms with Crippen molar-refractivity contribution < 1.29 is 4.79 Å². The largest absolute Gasteiger partial charge is 0.375 e. The zero-order valence-corrected chi connectivity index (χ0v) is 15.2. The summed E-state index contributed by atoms with van der Waals surface area (Å²) in [6, 6.07) is 15.4. The molecule has 26 heavy (non-hydrogen) atoms. The standard InChI is InChI=1S/C21H20ClN3O/c22-16-9-10-18-17(13-16)20(15-7-3-1-4-8-15)23-19(21(26)24-18)14-25-11-5-2-6-12-25/h1,3-4,7-10,13-14H,2,5-6,11-12H2,(H,24,26)/b19-14+. The predicted molar refractivity (Wildman–Crippen MR) is 106 cm³/mol. The van der Waals surface area contributed by atoms with Crippen LogP contribution in [0.4, 0.5) is 5.69 Å². The van der Waals surface area contributed by atoms with Crippen LogP contribution in [0.1, 0.15) is 30.4 Å². The molecule has 5 heteroatoms. The monoisotopic (exact) mass is 365 g/mol. The molecule has 0 spiro atoms. The maximum atomic E-state index is 12.8. The number of amides is 1. The van der Waals surface area contributed by atoms with Crippen LogP contribution in [0.25, 0.3) is 0 Å². The van der Waals surface area contributed by atoms with Crippen molar-refractivity contribution in [2.24, 2.45) is 4.99 Å². The van der Waals surface area contributed by atoms with Gasteiger partial charge in [0.25, 0.3) is 5.91 Å². The fraction of sp³-hybridized carbons (Fsp3) is 0.238. The molecular weight excluding hydrogens is 346 g/mol. The highest BCUT2D eigenvalue weighted by atomic mass is 35.5. The Labute approximate surface area is 158 Å². The topological polar surface area (TPSA) is 44.7 Å². The van der Waals surface area contributed by atoms with Crippen molar-refractivity contribution in [2.45, 2.75) is 19.3 Å². The fourth-order valence-corrected chi connectivity index (χ4v) is 3.54. The molecule has 1 fully saturated rings. The second kappa shape index (κ2) is 7.34. The highest BCUT2D eigenvalue weighted by Gasteiger charge is 2.22. The van der Waals surface area contributed by atoms with Crippen molar-refractivity contribution in [3.8, 4) is 0 Å². The molecule has 4 rings (SSSR count). The molecule has 2 aliphatic heterocycles. The summed E-state index contributed by atoms with van der Waals surface area (Å²) in [6.45, 7) is 1.93. The van der Waals surface area contributed by atoms with Crippen molar-refractivity contribution in [1.29, 1.82) is 0 Å². The number of hydrogen-bond acceptors (Lipinski definition) is 3. The maximum Gasteiger partial charge on any atom is 0.275 e. The Morgan fingerprint density at radius 3 is 2.58 bits per heavy atom. The highest BCUT2D eigenvalue weighted by molar-refractivity contribution is 6.32. The van der Waals surface area contributed by atoms with Gasteiger partial charge in [-0.3, -0.25) is 4.79 Å². The van der Waals surface area contributed by atoms with Crippen LogP contribution in [-0.2, 0) is 4.79 Å². The Bertz CT molecular complexity index is 883. The molecule has 2 aromatic rings. The van der Waals surface area contributed by atoms with Gasteiger partial charge in [-0.05, 0) is 37.5 Å². The first-order chi connectivity index (χ1) is 12.7. The Balaban J connectivity index is 1.84. The molecule has 1 amide bonds. The summed E-state index contributed by atoms with van der Waals surface area (Å²) in [5.74, 6) is -0.190. The third kappa shape index (κ3) is 3.51. The predicted octanol–water partition coefficient (Wildman–Crippen LogP) is 4.46. The zero-order valence-electron chi connectivity index (χ0n) is 14.4. The smallest absolute Gasteiger partial charge is 0.275 e. The molecule has 2 heterocycles. The Morgan fingerprint density at radius 2 is 1.81 bits per heavy atom. The average Bonchev–Trinajstić information content (AvgIpc) is 2.80. The van der Waals surface area contributed by atoms with Crippen LogP contribution in [0.2, 0.25) is 5.02 Å². The second-order valence-electron chi connectivity index (χ2n) is 6.58. The Morgan fingerprint density at radius 1 is 1.04 bits per heavy atom. The average molecular weight is 366 g/mol. The van der Waals surface area contributed by atoms with E-state index in [9.17, 15) is 4.79 Å². The maximum absolute atomic E-state index is 12.8. The number of piperidine rings is 1. The summed E-state index contributed by atoms with van der Waals surface area (Å²) in [6.07, 6.45) is 5.44. The van der Waals surface area contributed by atoms with E-state index in [1.165, 1.54) is 6.42 Å². The van der Waals surface area contributed by atoms with Gasteiger partial charge in [-0.15, -0.1) is 0 Å². The van der Waals surface area contributed by atoms with Crippen molar-refractivity contribution in [2.75, 3.05) is 18.4 Å². The molecule has 1 N–H and O–H groups in total. The lowest BCUT2D eigenvalue weighted by Crippen LogP contribution is -2.26. The van der Waals surface area contributed by atoms with Crippen LogP contribution >= 0.6 is 11.6 Å². The number of aliphatic imine (C=N–C) groups is 1. The summed E-state index contributed by atoms with van der Waals surface area (Å²) in [5, 5.41) is 3.60. The first-order valence-electron chi connectivity index (χ1n) is 8.92. The van der Waals surface area contributed by atoms with Crippen LogP contribution in [-0.4, -0.2) is 29.6 Å². The lowest BCUT2D eigenvalue weighted by molar-refractivity contribution is -0.112. The summed E-state index contributed by atoms with van der Waals surface area (Å²) in [4.78, 5) is 19.7. The molecular formula is C21H20ClN3O. The molecule has 0 unspecified atom stereocenters. The summed E-state index contributed by atoms with van der Waals surface area (Å²) in [5.41, 5.74) is 3.70. The van der Waals surface area contributed by atoms with E-state index in [1.54, 1.807) is 6.07 Å². The van der Waals surface area contributed by atoms with Crippen molar-refractivity contribution >= 4 is 28.9 Å². The van der Waals surface area contributed by atoms with Crippen molar-refractivity contribution in [3.63, 3.8) is 0 Å². The second-order valence-corrected chi connectivity index (χ2v) is 7.02.